The summed E-state index contributed by atoms with van der Waals surface area (Å²) in [5, 5.41) is 0. The molecule has 0 N–H and O–H groups in total. The van der Waals surface area contributed by atoms with Crippen LogP contribution < -0.4 is 0 Å². The van der Waals surface area contributed by atoms with Crippen LogP contribution in [0, 0.1) is 0 Å². The van der Waals surface area contributed by atoms with Gasteiger partial charge < -0.3 is 0 Å². The minimum absolute atomic E-state index is 0.117. The van der Waals surface area contributed by atoms with Crippen molar-refractivity contribution in [3.05, 3.63) is 0 Å². The summed E-state index contributed by atoms with van der Waals surface area (Å²) in [6.45, 7) is 1.60. The van der Waals surface area contributed by atoms with Gasteiger partial charge in [0.1, 0.15) is 0 Å². The zero-order valence-corrected chi connectivity index (χ0v) is 21.4. The molecule has 272 valence electrons. The van der Waals surface area contributed by atoms with Crippen LogP contribution in [0.4, 0.5) is 110 Å². The first-order chi connectivity index (χ1) is 19.3. The summed E-state index contributed by atoms with van der Waals surface area (Å²) >= 11 is 0. The van der Waals surface area contributed by atoms with Crippen LogP contribution >= 0.6 is 0 Å². The van der Waals surface area contributed by atoms with Gasteiger partial charge in [0.25, 0.3) is 0 Å². The van der Waals surface area contributed by atoms with Gasteiger partial charge >= 0.3 is 71.3 Å². The predicted molar refractivity (Wildman–Crippen MR) is 98.5 cm³/mol. The van der Waals surface area contributed by atoms with Crippen LogP contribution in [0.3, 0.4) is 0 Å². The van der Waals surface area contributed by atoms with Crippen LogP contribution in [0.5, 0.6) is 0 Å². The van der Waals surface area contributed by atoms with Gasteiger partial charge in [-0.3, -0.25) is 0 Å². The third-order valence-corrected chi connectivity index (χ3v) is 6.21. The van der Waals surface area contributed by atoms with Gasteiger partial charge in [-0.2, -0.15) is 110 Å². The Bertz CT molecular complexity index is 987. The van der Waals surface area contributed by atoms with Crippen molar-refractivity contribution in [2.24, 2.45) is 0 Å². The Morgan fingerprint density at radius 1 is 0.267 bits per heavy atom. The second-order valence-corrected chi connectivity index (χ2v) is 9.46. The molecular weight excluding hydrogens is 715 g/mol. The average molecular weight is 732 g/mol. The molecule has 0 aliphatic carbocycles. The Morgan fingerprint density at radius 3 is 0.756 bits per heavy atom. The van der Waals surface area contributed by atoms with Crippen LogP contribution in [-0.2, 0) is 0 Å². The van der Waals surface area contributed by atoms with Gasteiger partial charge in [0.05, 0.1) is 0 Å². The maximum atomic E-state index is 13.9. The molecule has 0 amide bonds. The fourth-order valence-electron chi connectivity index (χ4n) is 3.27. The van der Waals surface area contributed by atoms with Crippen LogP contribution in [-0.4, -0.2) is 71.3 Å². The van der Waals surface area contributed by atoms with Crippen molar-refractivity contribution in [1.82, 2.24) is 0 Å². The van der Waals surface area contributed by atoms with E-state index in [2.05, 4.69) is 0 Å². The molecule has 0 spiro atoms. The highest BCUT2D eigenvalue weighted by Gasteiger charge is 2.99. The lowest BCUT2D eigenvalue weighted by Gasteiger charge is -2.45. The van der Waals surface area contributed by atoms with Crippen LogP contribution in [0.15, 0.2) is 0 Å². The summed E-state index contributed by atoms with van der Waals surface area (Å²) in [6.07, 6.45) is -11.7. The monoisotopic (exact) mass is 732 g/mol. The summed E-state index contributed by atoms with van der Waals surface area (Å²) < 4.78 is 335. The Balaban J connectivity index is 6.94. The zero-order chi connectivity index (χ0) is 36.9. The molecule has 25 heteroatoms. The first-order valence-corrected chi connectivity index (χ1v) is 11.5. The lowest BCUT2D eigenvalue weighted by Crippen LogP contribution is -2.78. The smallest absolute Gasteiger partial charge is 0.200 e. The molecule has 0 aromatic carbocycles. The third-order valence-electron chi connectivity index (χ3n) is 6.21. The Labute approximate surface area is 234 Å². The van der Waals surface area contributed by atoms with Crippen molar-refractivity contribution in [1.29, 1.82) is 0 Å². The molecule has 0 unspecified atom stereocenters. The van der Waals surface area contributed by atoms with E-state index in [9.17, 15) is 110 Å². The molecule has 0 aliphatic rings. The van der Waals surface area contributed by atoms with Crippen LogP contribution in [0.1, 0.15) is 51.9 Å². The number of alkyl halides is 25. The maximum Gasteiger partial charge on any atom is 0.460 e. The Morgan fingerprint density at radius 2 is 0.489 bits per heavy atom. The lowest BCUT2D eigenvalue weighted by molar-refractivity contribution is -0.482. The Kier molecular flexibility index (Phi) is 11.6. The molecule has 0 saturated carbocycles. The van der Waals surface area contributed by atoms with Gasteiger partial charge in [0.2, 0.25) is 0 Å². The summed E-state index contributed by atoms with van der Waals surface area (Å²) in [5.74, 6) is -97.6. The van der Waals surface area contributed by atoms with E-state index in [1.165, 1.54) is 0 Å². The molecule has 0 bridgehead atoms. The van der Waals surface area contributed by atoms with E-state index in [4.69, 9.17) is 0 Å². The second-order valence-electron chi connectivity index (χ2n) is 9.46. The molecule has 0 saturated heterocycles. The highest BCUT2D eigenvalue weighted by Crippen LogP contribution is 2.67. The second kappa shape index (κ2) is 12.0. The summed E-state index contributed by atoms with van der Waals surface area (Å²) in [4.78, 5) is 0. The van der Waals surface area contributed by atoms with Crippen molar-refractivity contribution in [3.8, 4) is 0 Å². The quantitative estimate of drug-likeness (QED) is 0.103. The molecule has 0 fully saturated rings. The minimum Gasteiger partial charge on any atom is -0.200 e. The molecule has 0 aromatic heterocycles. The van der Waals surface area contributed by atoms with Gasteiger partial charge in [-0.15, -0.1) is 0 Å². The minimum atomic E-state index is -9.56. The first kappa shape index (κ1) is 43.2. The van der Waals surface area contributed by atoms with Crippen LogP contribution in [0.25, 0.3) is 0 Å². The number of hydrogen-bond donors (Lipinski definition) is 0. The van der Waals surface area contributed by atoms with Crippen LogP contribution in [0.2, 0.25) is 0 Å². The average Bonchev–Trinajstić information content (AvgIpc) is 2.84. The predicted octanol–water partition coefficient (Wildman–Crippen LogP) is 11.3. The van der Waals surface area contributed by atoms with E-state index < -0.39 is 90.6 Å². The topological polar surface area (TPSA) is 0 Å². The standard InChI is InChI=1S/C20H17F25/c1-2-3-4-5-6-7-8-9(21,22)10(23,24)11(25,26)12(27,28)13(29,30)14(31,32)15(33,34)16(35,36)17(37,38)18(39,40)19(41,42)20(43,44)45/h2-8H2,1H3. The van der Waals surface area contributed by atoms with Crippen molar-refractivity contribution in [3.63, 3.8) is 0 Å². The molecular formula is C20H17F25. The molecule has 0 rings (SSSR count). The molecule has 0 nitrogen and oxygen atoms in total. The van der Waals surface area contributed by atoms with E-state index in [1.54, 1.807) is 6.92 Å². The number of hydrogen-bond acceptors (Lipinski definition) is 0. The molecule has 0 radical (unpaired) electrons. The molecule has 45 heavy (non-hydrogen) atoms. The fraction of sp³-hybridized carbons (Fsp3) is 1.00. The molecule has 0 aromatic rings. The third kappa shape index (κ3) is 6.06. The van der Waals surface area contributed by atoms with E-state index >= 15 is 0 Å². The van der Waals surface area contributed by atoms with Crippen molar-refractivity contribution in [2.75, 3.05) is 0 Å². The highest BCUT2D eigenvalue weighted by molar-refractivity contribution is 5.19. The van der Waals surface area contributed by atoms with Gasteiger partial charge in [-0.25, -0.2) is 0 Å². The molecule has 0 aliphatic heterocycles. The lowest BCUT2D eigenvalue weighted by atomic mass is 9.84. The van der Waals surface area contributed by atoms with E-state index in [1.807, 2.05) is 0 Å². The largest absolute Gasteiger partial charge is 0.460 e. The summed E-state index contributed by atoms with van der Waals surface area (Å²) in [7, 11) is 0. The van der Waals surface area contributed by atoms with Crippen molar-refractivity contribution >= 4 is 0 Å². The van der Waals surface area contributed by atoms with E-state index in [0.717, 1.165) is 0 Å². The molecule has 0 atom stereocenters. The molecule has 0 heterocycles. The summed E-state index contributed by atoms with van der Waals surface area (Å²) in [6, 6.07) is 0. The van der Waals surface area contributed by atoms with Gasteiger partial charge in [0.15, 0.2) is 0 Å². The number of unbranched alkanes of at least 4 members (excludes halogenated alkanes) is 5. The SMILES string of the molecule is CCCCCCCCC(F)(F)C(F)(F)C(F)(F)C(F)(F)C(F)(F)C(F)(F)C(F)(F)C(F)(F)C(F)(F)C(F)(F)C(F)(F)C(F)(F)F. The fourth-order valence-corrected chi connectivity index (χ4v) is 3.27. The zero-order valence-electron chi connectivity index (χ0n) is 21.4. The van der Waals surface area contributed by atoms with Gasteiger partial charge in [0, 0.05) is 6.42 Å². The normalized spacial score (nSPS) is 16.4. The Hall–Kier alpha value is -1.75. The summed E-state index contributed by atoms with van der Waals surface area (Å²) in [5.41, 5.74) is 0. The van der Waals surface area contributed by atoms with Crippen molar-refractivity contribution < 1.29 is 110 Å². The van der Waals surface area contributed by atoms with Crippen molar-refractivity contribution in [2.45, 2.75) is 123 Å². The maximum absolute atomic E-state index is 13.9. The van der Waals surface area contributed by atoms with E-state index in [0.29, 0.717) is 12.8 Å². The van der Waals surface area contributed by atoms with Gasteiger partial charge in [-0.1, -0.05) is 39.0 Å². The van der Waals surface area contributed by atoms with Gasteiger partial charge in [-0.05, 0) is 6.42 Å². The number of rotatable bonds is 17. The first-order valence-electron chi connectivity index (χ1n) is 11.5. The van der Waals surface area contributed by atoms with E-state index in [-0.39, 0.29) is 12.8 Å². The number of halogens is 25. The highest BCUT2D eigenvalue weighted by atomic mass is 19.4.